The van der Waals surface area contributed by atoms with Crippen molar-refractivity contribution in [2.24, 2.45) is 0 Å². The zero-order valence-electron chi connectivity index (χ0n) is 18.1. The van der Waals surface area contributed by atoms with Gasteiger partial charge in [-0.1, -0.05) is 31.4 Å². The predicted octanol–water partition coefficient (Wildman–Crippen LogP) is 3.88. The van der Waals surface area contributed by atoms with Crippen LogP contribution in [0.4, 0.5) is 10.1 Å². The number of para-hydroxylation sites is 1. The third kappa shape index (κ3) is 5.64. The summed E-state index contributed by atoms with van der Waals surface area (Å²) in [5, 5.41) is 0. The van der Waals surface area contributed by atoms with E-state index in [1.54, 1.807) is 24.1 Å². The van der Waals surface area contributed by atoms with Crippen LogP contribution in [0.5, 0.6) is 0 Å². The molecule has 0 radical (unpaired) electrons. The number of amides is 1. The Morgan fingerprint density at radius 1 is 1.12 bits per heavy atom. The van der Waals surface area contributed by atoms with Crippen molar-refractivity contribution in [2.45, 2.75) is 50.0 Å². The van der Waals surface area contributed by atoms with Crippen molar-refractivity contribution >= 4 is 27.6 Å². The number of hydrogen-bond acceptors (Lipinski definition) is 5. The minimum atomic E-state index is -4.08. The molecule has 172 valence electrons. The first kappa shape index (κ1) is 23.7. The molecule has 0 saturated heterocycles. The topological polar surface area (TPSA) is 92.8 Å². The van der Waals surface area contributed by atoms with Gasteiger partial charge in [0.2, 0.25) is 0 Å². The van der Waals surface area contributed by atoms with Crippen LogP contribution >= 0.6 is 0 Å². The van der Waals surface area contributed by atoms with Crippen LogP contribution in [0.2, 0.25) is 0 Å². The van der Waals surface area contributed by atoms with E-state index < -0.39 is 28.4 Å². The van der Waals surface area contributed by atoms with Crippen molar-refractivity contribution in [2.75, 3.05) is 18.4 Å². The van der Waals surface area contributed by atoms with Crippen LogP contribution in [-0.4, -0.2) is 44.9 Å². The minimum absolute atomic E-state index is 0.00862. The average Bonchev–Trinajstić information content (AvgIpc) is 2.77. The van der Waals surface area contributed by atoms with Crippen molar-refractivity contribution in [3.8, 4) is 0 Å². The molecule has 0 aromatic heterocycles. The van der Waals surface area contributed by atoms with Crippen molar-refractivity contribution < 1.29 is 27.1 Å². The quantitative estimate of drug-likeness (QED) is 0.631. The van der Waals surface area contributed by atoms with E-state index in [4.69, 9.17) is 4.74 Å². The number of ether oxygens (including phenoxy) is 1. The van der Waals surface area contributed by atoms with Crippen LogP contribution in [0.15, 0.2) is 47.4 Å². The summed E-state index contributed by atoms with van der Waals surface area (Å²) >= 11 is 0. The minimum Gasteiger partial charge on any atom is -0.452 e. The molecule has 0 atom stereocenters. The van der Waals surface area contributed by atoms with Crippen LogP contribution in [0.3, 0.4) is 0 Å². The molecular weight excluding hydrogens is 435 g/mol. The van der Waals surface area contributed by atoms with Gasteiger partial charge in [0.1, 0.15) is 5.82 Å². The van der Waals surface area contributed by atoms with Crippen molar-refractivity contribution in [1.82, 2.24) is 4.90 Å². The Kier molecular flexibility index (Phi) is 7.50. The monoisotopic (exact) mass is 462 g/mol. The molecule has 1 fully saturated rings. The van der Waals surface area contributed by atoms with Gasteiger partial charge in [0.05, 0.1) is 16.1 Å². The molecule has 1 aliphatic carbocycles. The van der Waals surface area contributed by atoms with Crippen LogP contribution in [0.1, 0.15) is 48.0 Å². The first-order valence-corrected chi connectivity index (χ1v) is 12.0. The maximum atomic E-state index is 13.4. The average molecular weight is 463 g/mol. The molecule has 2 aromatic carbocycles. The van der Waals surface area contributed by atoms with E-state index >= 15 is 0 Å². The number of anilines is 1. The lowest BCUT2D eigenvalue weighted by molar-refractivity contribution is -0.135. The fourth-order valence-corrected chi connectivity index (χ4v) is 5.15. The van der Waals surface area contributed by atoms with Crippen LogP contribution in [0.25, 0.3) is 0 Å². The standard InChI is InChI=1S/C23H27FN2O5S/c1-16-14-17(24)12-13-21(16)32(29,30)25-20-11-7-6-10-19(20)23(28)31-15-22(27)26(2)18-8-4-3-5-9-18/h6-7,10-14,18,25H,3-5,8-9,15H2,1-2H3. The second-order valence-corrected chi connectivity index (χ2v) is 9.58. The Morgan fingerprint density at radius 2 is 1.81 bits per heavy atom. The van der Waals surface area contributed by atoms with Gasteiger partial charge in [0.15, 0.2) is 6.61 Å². The molecule has 1 saturated carbocycles. The third-order valence-corrected chi connectivity index (χ3v) is 7.19. The molecule has 0 heterocycles. The van der Waals surface area contributed by atoms with Gasteiger partial charge in [-0.15, -0.1) is 0 Å². The highest BCUT2D eigenvalue weighted by atomic mass is 32.2. The first-order chi connectivity index (χ1) is 15.2. The molecule has 0 spiro atoms. The predicted molar refractivity (Wildman–Crippen MR) is 118 cm³/mol. The normalized spacial score (nSPS) is 14.6. The van der Waals surface area contributed by atoms with E-state index in [0.29, 0.717) is 0 Å². The van der Waals surface area contributed by atoms with Crippen LogP contribution in [-0.2, 0) is 19.6 Å². The van der Waals surface area contributed by atoms with E-state index in [-0.39, 0.29) is 33.7 Å². The molecule has 0 bridgehead atoms. The Balaban J connectivity index is 1.70. The zero-order valence-corrected chi connectivity index (χ0v) is 19.0. The van der Waals surface area contributed by atoms with Crippen molar-refractivity contribution in [1.29, 1.82) is 0 Å². The lowest BCUT2D eigenvalue weighted by Gasteiger charge is -2.31. The van der Waals surface area contributed by atoms with E-state index in [0.717, 1.165) is 50.3 Å². The Bertz CT molecular complexity index is 1100. The summed E-state index contributed by atoms with van der Waals surface area (Å²) in [6.07, 6.45) is 5.18. The van der Waals surface area contributed by atoms with E-state index in [1.807, 2.05) is 0 Å². The summed E-state index contributed by atoms with van der Waals surface area (Å²) in [5.74, 6) is -1.66. The number of nitrogens with one attached hydrogen (secondary N) is 1. The number of likely N-dealkylation sites (N-methyl/N-ethyl adjacent to an activating group) is 1. The number of sulfonamides is 1. The Morgan fingerprint density at radius 3 is 2.50 bits per heavy atom. The molecule has 1 amide bonds. The van der Waals surface area contributed by atoms with Gasteiger partial charge in [0.25, 0.3) is 15.9 Å². The third-order valence-electron chi connectivity index (χ3n) is 5.66. The number of benzene rings is 2. The number of nitrogens with zero attached hydrogens (tertiary/aromatic N) is 1. The smallest absolute Gasteiger partial charge is 0.340 e. The molecule has 9 heteroatoms. The summed E-state index contributed by atoms with van der Waals surface area (Å²) in [5.41, 5.74) is 0.215. The highest BCUT2D eigenvalue weighted by molar-refractivity contribution is 7.92. The van der Waals surface area contributed by atoms with Crippen molar-refractivity contribution in [3.05, 3.63) is 59.4 Å². The number of carbonyl (C=O) groups is 2. The fourth-order valence-electron chi connectivity index (χ4n) is 3.84. The summed E-state index contributed by atoms with van der Waals surface area (Å²) in [7, 11) is -2.37. The second-order valence-electron chi connectivity index (χ2n) is 7.93. The highest BCUT2D eigenvalue weighted by Crippen LogP contribution is 2.24. The van der Waals surface area contributed by atoms with Gasteiger partial charge in [-0.25, -0.2) is 17.6 Å². The Hall–Kier alpha value is -2.94. The maximum Gasteiger partial charge on any atom is 0.340 e. The largest absolute Gasteiger partial charge is 0.452 e. The fraction of sp³-hybridized carbons (Fsp3) is 0.391. The number of rotatable bonds is 7. The van der Waals surface area contributed by atoms with E-state index in [2.05, 4.69) is 4.72 Å². The van der Waals surface area contributed by atoms with Crippen molar-refractivity contribution in [3.63, 3.8) is 0 Å². The molecule has 0 aliphatic heterocycles. The molecule has 2 aromatic rings. The number of esters is 1. The van der Waals surface area contributed by atoms with Gasteiger partial charge in [-0.3, -0.25) is 9.52 Å². The SMILES string of the molecule is Cc1cc(F)ccc1S(=O)(=O)Nc1ccccc1C(=O)OCC(=O)N(C)C1CCCCC1. The number of halogens is 1. The summed E-state index contributed by atoms with van der Waals surface area (Å²) < 4.78 is 46.5. The molecule has 0 unspecified atom stereocenters. The summed E-state index contributed by atoms with van der Waals surface area (Å²) in [4.78, 5) is 26.6. The number of carbonyl (C=O) groups excluding carboxylic acids is 2. The second kappa shape index (κ2) is 10.1. The van der Waals surface area contributed by atoms with E-state index in [1.165, 1.54) is 19.1 Å². The van der Waals surface area contributed by atoms with Gasteiger partial charge in [-0.2, -0.15) is 0 Å². The van der Waals surface area contributed by atoms with Gasteiger partial charge >= 0.3 is 5.97 Å². The molecule has 1 N–H and O–H groups in total. The Labute approximate surface area is 187 Å². The zero-order chi connectivity index (χ0) is 23.3. The number of aryl methyl sites for hydroxylation is 1. The maximum absolute atomic E-state index is 13.4. The van der Waals surface area contributed by atoms with Gasteiger partial charge in [-0.05, 0) is 55.7 Å². The lowest BCUT2D eigenvalue weighted by Crippen LogP contribution is -2.40. The first-order valence-electron chi connectivity index (χ1n) is 10.5. The van der Waals surface area contributed by atoms with E-state index in [9.17, 15) is 22.4 Å². The highest BCUT2D eigenvalue weighted by Gasteiger charge is 2.25. The summed E-state index contributed by atoms with van der Waals surface area (Å²) in [6, 6.07) is 9.43. The molecule has 7 nitrogen and oxygen atoms in total. The summed E-state index contributed by atoms with van der Waals surface area (Å²) in [6.45, 7) is 1.05. The molecular formula is C23H27FN2O5S. The molecule has 1 aliphatic rings. The van der Waals surface area contributed by atoms with Gasteiger partial charge < -0.3 is 9.64 Å². The molecule has 32 heavy (non-hydrogen) atoms. The van der Waals surface area contributed by atoms with Crippen LogP contribution in [0, 0.1) is 12.7 Å². The molecule has 3 rings (SSSR count). The number of hydrogen-bond donors (Lipinski definition) is 1. The lowest BCUT2D eigenvalue weighted by atomic mass is 9.94. The van der Waals surface area contributed by atoms with Gasteiger partial charge in [0, 0.05) is 13.1 Å². The van der Waals surface area contributed by atoms with Crippen LogP contribution < -0.4 is 4.72 Å².